The van der Waals surface area contributed by atoms with E-state index in [2.05, 4.69) is 14.5 Å². The van der Waals surface area contributed by atoms with Crippen LogP contribution in [-0.4, -0.2) is 50.6 Å². The van der Waals surface area contributed by atoms with Crippen LogP contribution in [0.15, 0.2) is 5.11 Å². The van der Waals surface area contributed by atoms with Crippen molar-refractivity contribution in [3.05, 3.63) is 10.4 Å². The largest absolute Gasteiger partial charge is 0.470 e. The Morgan fingerprint density at radius 1 is 1.53 bits per heavy atom. The maximum Gasteiger partial charge on any atom is 0.470 e. The van der Waals surface area contributed by atoms with Gasteiger partial charge in [0.2, 0.25) is 0 Å². The van der Waals surface area contributed by atoms with Crippen molar-refractivity contribution in [2.75, 3.05) is 6.61 Å². The average molecular weight is 269 g/mol. The third kappa shape index (κ3) is 6.35. The highest BCUT2D eigenvalue weighted by Gasteiger charge is 2.29. The molecule has 0 aromatic carbocycles. The lowest BCUT2D eigenvalue weighted by molar-refractivity contribution is -0.136. The summed E-state index contributed by atoms with van der Waals surface area (Å²) in [6.45, 7) is 0.191. The van der Waals surface area contributed by atoms with Crippen LogP contribution < -0.4 is 0 Å². The van der Waals surface area contributed by atoms with E-state index >= 15 is 0 Å². The molecular weight excluding hydrogens is 257 g/mol. The maximum absolute atomic E-state index is 11.1. The SMILES string of the molecule is C[C@H](N=[N+]=[N-])[C@@H](O)[C@H](O)C(=O)COP(=O)(O)O. The molecule has 0 heterocycles. The Kier molecular flexibility index (Phi) is 6.29. The van der Waals surface area contributed by atoms with Gasteiger partial charge in [0.25, 0.3) is 0 Å². The van der Waals surface area contributed by atoms with Crippen LogP contribution in [0.2, 0.25) is 0 Å². The highest BCUT2D eigenvalue weighted by atomic mass is 31.2. The topological polar surface area (TPSA) is 173 Å². The number of carbonyl (C=O) groups is 1. The Morgan fingerprint density at radius 3 is 2.47 bits per heavy atom. The van der Waals surface area contributed by atoms with Crippen LogP contribution >= 0.6 is 7.82 Å². The Bertz CT molecular complexity index is 363. The molecule has 11 heteroatoms. The second-order valence-electron chi connectivity index (χ2n) is 3.11. The predicted octanol–water partition coefficient (Wildman–Crippen LogP) is -0.915. The van der Waals surface area contributed by atoms with Crippen LogP contribution in [0.5, 0.6) is 0 Å². The van der Waals surface area contributed by atoms with Gasteiger partial charge in [-0.2, -0.15) is 0 Å². The average Bonchev–Trinajstić information content (AvgIpc) is 2.23. The molecule has 0 aliphatic rings. The summed E-state index contributed by atoms with van der Waals surface area (Å²) in [6, 6.07) is -1.07. The molecule has 0 aliphatic carbocycles. The minimum atomic E-state index is -4.82. The van der Waals surface area contributed by atoms with Gasteiger partial charge in [0.05, 0.1) is 12.1 Å². The molecule has 17 heavy (non-hydrogen) atoms. The van der Waals surface area contributed by atoms with Gasteiger partial charge >= 0.3 is 7.82 Å². The highest BCUT2D eigenvalue weighted by Crippen LogP contribution is 2.35. The number of hydrogen-bond donors (Lipinski definition) is 4. The van der Waals surface area contributed by atoms with Gasteiger partial charge in [-0.25, -0.2) is 4.57 Å². The zero-order chi connectivity index (χ0) is 13.6. The molecule has 0 saturated carbocycles. The van der Waals surface area contributed by atoms with E-state index in [0.29, 0.717) is 0 Å². The summed E-state index contributed by atoms with van der Waals surface area (Å²) in [5.74, 6) is -1.14. The fourth-order valence-electron chi connectivity index (χ4n) is 0.837. The van der Waals surface area contributed by atoms with E-state index < -0.39 is 38.5 Å². The Labute approximate surface area is 95.7 Å². The second kappa shape index (κ2) is 6.67. The van der Waals surface area contributed by atoms with E-state index in [1.165, 1.54) is 6.92 Å². The fraction of sp³-hybridized carbons (Fsp3) is 0.833. The molecule has 0 amide bonds. The summed E-state index contributed by atoms with van der Waals surface area (Å²) in [5.41, 5.74) is 8.07. The van der Waals surface area contributed by atoms with Crippen LogP contribution in [0.3, 0.4) is 0 Å². The number of aliphatic hydroxyl groups is 2. The molecule has 0 aliphatic heterocycles. The van der Waals surface area contributed by atoms with Crippen molar-refractivity contribution in [2.45, 2.75) is 25.2 Å². The number of carbonyl (C=O) groups excluding carboxylic acids is 1. The molecule has 3 atom stereocenters. The molecule has 10 nitrogen and oxygen atoms in total. The van der Waals surface area contributed by atoms with Gasteiger partial charge in [0.15, 0.2) is 5.78 Å². The Balaban J connectivity index is 4.39. The summed E-state index contributed by atoms with van der Waals surface area (Å²) in [6.07, 6.45) is -3.64. The Hall–Kier alpha value is -0.990. The number of nitrogens with zero attached hydrogens (tertiary/aromatic N) is 3. The third-order valence-corrected chi connectivity index (χ3v) is 2.22. The van der Waals surface area contributed by atoms with Crippen molar-refractivity contribution < 1.29 is 33.9 Å². The molecule has 0 bridgehead atoms. The molecule has 0 unspecified atom stereocenters. The van der Waals surface area contributed by atoms with E-state index in [1.54, 1.807) is 0 Å². The van der Waals surface area contributed by atoms with Crippen LogP contribution in [0.1, 0.15) is 6.92 Å². The molecule has 0 rings (SSSR count). The second-order valence-corrected chi connectivity index (χ2v) is 4.35. The molecule has 0 aromatic rings. The van der Waals surface area contributed by atoms with E-state index in [0.717, 1.165) is 0 Å². The van der Waals surface area contributed by atoms with Gasteiger partial charge in [-0.3, -0.25) is 9.32 Å². The zero-order valence-electron chi connectivity index (χ0n) is 8.74. The Morgan fingerprint density at radius 2 is 2.06 bits per heavy atom. The van der Waals surface area contributed by atoms with Crippen LogP contribution in [0.4, 0.5) is 0 Å². The number of aliphatic hydroxyl groups excluding tert-OH is 2. The van der Waals surface area contributed by atoms with Crippen molar-refractivity contribution in [1.82, 2.24) is 0 Å². The smallest absolute Gasteiger partial charge is 0.390 e. The minimum absolute atomic E-state index is 1.06. The number of phosphoric acid groups is 1. The lowest BCUT2D eigenvalue weighted by Crippen LogP contribution is -2.41. The summed E-state index contributed by atoms with van der Waals surface area (Å²) >= 11 is 0. The first-order valence-electron chi connectivity index (χ1n) is 4.32. The third-order valence-electron chi connectivity index (χ3n) is 1.76. The van der Waals surface area contributed by atoms with Gasteiger partial charge in [-0.05, 0) is 5.53 Å². The summed E-state index contributed by atoms with van der Waals surface area (Å²) < 4.78 is 14.1. The lowest BCUT2D eigenvalue weighted by Gasteiger charge is -2.19. The highest BCUT2D eigenvalue weighted by molar-refractivity contribution is 7.46. The lowest BCUT2D eigenvalue weighted by atomic mass is 10.0. The van der Waals surface area contributed by atoms with E-state index in [1.807, 2.05) is 0 Å². The molecule has 98 valence electrons. The predicted molar refractivity (Wildman–Crippen MR) is 53.6 cm³/mol. The monoisotopic (exact) mass is 269 g/mol. The number of azide groups is 1. The van der Waals surface area contributed by atoms with Crippen molar-refractivity contribution >= 4 is 13.6 Å². The van der Waals surface area contributed by atoms with E-state index in [-0.39, 0.29) is 0 Å². The molecule has 0 fully saturated rings. The van der Waals surface area contributed by atoms with Crippen LogP contribution in [-0.2, 0) is 13.9 Å². The quantitative estimate of drug-likeness (QED) is 0.200. The van der Waals surface area contributed by atoms with Crippen molar-refractivity contribution in [3.63, 3.8) is 0 Å². The summed E-state index contributed by atoms with van der Waals surface area (Å²) in [4.78, 5) is 30.1. The number of phosphoric ester groups is 1. The summed E-state index contributed by atoms with van der Waals surface area (Å²) in [5, 5.41) is 21.7. The minimum Gasteiger partial charge on any atom is -0.390 e. The first-order valence-corrected chi connectivity index (χ1v) is 5.85. The number of rotatable bonds is 7. The number of Topliss-reactive ketones (excluding diaryl/α,β-unsaturated/α-hetero) is 1. The first-order chi connectivity index (χ1) is 7.69. The maximum atomic E-state index is 11.1. The fourth-order valence-corrected chi connectivity index (χ4v) is 1.13. The van der Waals surface area contributed by atoms with Crippen molar-refractivity contribution in [3.8, 4) is 0 Å². The zero-order valence-corrected chi connectivity index (χ0v) is 9.64. The van der Waals surface area contributed by atoms with Gasteiger partial charge in [0, 0.05) is 4.91 Å². The molecule has 4 N–H and O–H groups in total. The van der Waals surface area contributed by atoms with Crippen LogP contribution in [0, 0.1) is 0 Å². The molecule has 0 saturated heterocycles. The van der Waals surface area contributed by atoms with Gasteiger partial charge in [0.1, 0.15) is 12.7 Å². The molecule has 0 radical (unpaired) electrons. The molecular formula is C6H12N3O7P. The van der Waals surface area contributed by atoms with Crippen LogP contribution in [0.25, 0.3) is 10.4 Å². The van der Waals surface area contributed by atoms with Gasteiger partial charge in [-0.15, -0.1) is 0 Å². The number of hydrogen-bond acceptors (Lipinski definition) is 6. The van der Waals surface area contributed by atoms with Gasteiger partial charge < -0.3 is 20.0 Å². The van der Waals surface area contributed by atoms with Crippen molar-refractivity contribution in [2.24, 2.45) is 5.11 Å². The normalized spacial score (nSPS) is 16.8. The van der Waals surface area contributed by atoms with Crippen molar-refractivity contribution in [1.29, 1.82) is 0 Å². The number of ketones is 1. The molecule has 0 aromatic heterocycles. The van der Waals surface area contributed by atoms with E-state index in [9.17, 15) is 19.6 Å². The van der Waals surface area contributed by atoms with E-state index in [4.69, 9.17) is 15.3 Å². The molecule has 0 spiro atoms. The summed E-state index contributed by atoms with van der Waals surface area (Å²) in [7, 11) is -4.82. The first kappa shape index (κ1) is 16.0. The standard InChI is InChI=1S/C6H12N3O7P/c1-3(8-9-7)5(11)6(12)4(10)2-16-17(13,14)15/h3,5-6,11-12H,2H2,1H3,(H2,13,14,15)/t3-,5+,6+/m0/s1. The van der Waals surface area contributed by atoms with Gasteiger partial charge in [-0.1, -0.05) is 12.0 Å².